The van der Waals surface area contributed by atoms with Crippen LogP contribution in [-0.2, 0) is 15.6 Å². The normalized spacial score (nSPS) is 14.1. The maximum absolute atomic E-state index is 11.0. The van der Waals surface area contributed by atoms with Crippen LogP contribution in [0.3, 0.4) is 0 Å². The van der Waals surface area contributed by atoms with E-state index in [1.54, 1.807) is 0 Å². The summed E-state index contributed by atoms with van der Waals surface area (Å²) >= 11 is 0.935. The monoisotopic (exact) mass is 289 g/mol. The minimum Gasteiger partial charge on any atom is -0.367 e. The van der Waals surface area contributed by atoms with E-state index >= 15 is 0 Å². The van der Waals surface area contributed by atoms with Crippen molar-refractivity contribution in [3.63, 3.8) is 0 Å². The molecule has 11 heteroatoms. The molecule has 0 unspecified atom stereocenters. The van der Waals surface area contributed by atoms with E-state index in [1.165, 1.54) is 11.4 Å². The number of hydrogen-bond donors (Lipinski definition) is 5. The van der Waals surface area contributed by atoms with Gasteiger partial charge < -0.3 is 24.7 Å². The summed E-state index contributed by atoms with van der Waals surface area (Å²) in [5.74, 6) is 0. The van der Waals surface area contributed by atoms with Gasteiger partial charge in [0, 0.05) is 11.8 Å². The summed E-state index contributed by atoms with van der Waals surface area (Å²) in [6, 6.07) is 1.31. The molecule has 0 atom stereocenters. The lowest BCUT2D eigenvalue weighted by molar-refractivity contribution is 0.130. The fourth-order valence-corrected chi connectivity index (χ4v) is 3.58. The van der Waals surface area contributed by atoms with Crippen molar-refractivity contribution >= 4 is 26.7 Å². The molecular weight excluding hydrogens is 280 g/mol. The molecular formula is C5H9NO7P2S. The standard InChI is InChI=1S/C5H9NO7P2S/c7-5(14(8,9)10,15(11,12)13)3-4-1-2-16-6-4/h1-2,7H,3H2,(H2,8,9,10)(H2,11,12,13). The summed E-state index contributed by atoms with van der Waals surface area (Å²) in [5, 5.41) is 7.53. The largest absolute Gasteiger partial charge is 0.369 e. The second-order valence-electron chi connectivity index (χ2n) is 3.03. The molecule has 0 spiro atoms. The molecule has 0 aliphatic rings. The van der Waals surface area contributed by atoms with Crippen LogP contribution in [0.2, 0.25) is 0 Å². The highest BCUT2D eigenvalue weighted by atomic mass is 32.1. The van der Waals surface area contributed by atoms with Crippen LogP contribution in [0.5, 0.6) is 0 Å². The van der Waals surface area contributed by atoms with E-state index in [1.807, 2.05) is 0 Å². The molecule has 0 aromatic carbocycles. The molecule has 0 radical (unpaired) electrons. The first-order chi connectivity index (χ1) is 7.08. The molecule has 1 rings (SSSR count). The maximum Gasteiger partial charge on any atom is 0.369 e. The minimum absolute atomic E-state index is 0.000787. The lowest BCUT2D eigenvalue weighted by atomic mass is 10.3. The lowest BCUT2D eigenvalue weighted by Gasteiger charge is -2.28. The molecule has 1 aromatic rings. The number of nitrogens with zero attached hydrogens (tertiary/aromatic N) is 1. The summed E-state index contributed by atoms with van der Waals surface area (Å²) in [6.07, 6.45) is -0.912. The Kier molecular flexibility index (Phi) is 3.74. The van der Waals surface area contributed by atoms with Crippen molar-refractivity contribution in [1.29, 1.82) is 0 Å². The maximum atomic E-state index is 11.0. The number of rotatable bonds is 4. The Hall–Kier alpha value is -0.110. The lowest BCUT2D eigenvalue weighted by Crippen LogP contribution is -2.31. The third-order valence-corrected chi connectivity index (χ3v) is 6.19. The summed E-state index contributed by atoms with van der Waals surface area (Å²) < 4.78 is 25.5. The molecule has 16 heavy (non-hydrogen) atoms. The van der Waals surface area contributed by atoms with Crippen LogP contribution >= 0.6 is 26.7 Å². The average Bonchev–Trinajstić information content (AvgIpc) is 2.52. The van der Waals surface area contributed by atoms with Crippen molar-refractivity contribution in [2.75, 3.05) is 0 Å². The van der Waals surface area contributed by atoms with Gasteiger partial charge in [0.1, 0.15) is 0 Å². The molecule has 0 aliphatic heterocycles. The van der Waals surface area contributed by atoms with Gasteiger partial charge in [0.25, 0.3) is 5.08 Å². The molecule has 0 saturated carbocycles. The minimum atomic E-state index is -5.39. The summed E-state index contributed by atoms with van der Waals surface area (Å²) in [5.41, 5.74) is -0.000787. The van der Waals surface area contributed by atoms with E-state index in [0.29, 0.717) is 0 Å². The first-order valence-corrected chi connectivity index (χ1v) is 7.87. The molecule has 92 valence electrons. The third kappa shape index (κ3) is 2.58. The van der Waals surface area contributed by atoms with E-state index in [4.69, 9.17) is 19.6 Å². The second-order valence-corrected chi connectivity index (χ2v) is 7.70. The Bertz CT molecular complexity index is 425. The molecule has 8 nitrogen and oxygen atoms in total. The van der Waals surface area contributed by atoms with Crippen LogP contribution in [0.25, 0.3) is 0 Å². The van der Waals surface area contributed by atoms with Crippen molar-refractivity contribution in [3.05, 3.63) is 17.1 Å². The smallest absolute Gasteiger partial charge is 0.367 e. The first kappa shape index (κ1) is 14.0. The summed E-state index contributed by atoms with van der Waals surface area (Å²) in [4.78, 5) is 35.3. The third-order valence-electron chi connectivity index (χ3n) is 1.84. The highest BCUT2D eigenvalue weighted by Crippen LogP contribution is 2.68. The van der Waals surface area contributed by atoms with Crippen LogP contribution in [0.15, 0.2) is 11.4 Å². The van der Waals surface area contributed by atoms with Crippen LogP contribution in [0.1, 0.15) is 5.69 Å². The van der Waals surface area contributed by atoms with E-state index in [0.717, 1.165) is 11.5 Å². The van der Waals surface area contributed by atoms with Crippen LogP contribution in [0, 0.1) is 0 Å². The van der Waals surface area contributed by atoms with Gasteiger partial charge in [-0.3, -0.25) is 9.13 Å². The SMILES string of the molecule is O=P(O)(O)C(O)(Cc1ccsn1)P(=O)(O)O. The first-order valence-electron chi connectivity index (χ1n) is 3.81. The van der Waals surface area contributed by atoms with Gasteiger partial charge in [-0.1, -0.05) is 0 Å². The Morgan fingerprint density at radius 1 is 1.25 bits per heavy atom. The van der Waals surface area contributed by atoms with Gasteiger partial charge in [-0.2, -0.15) is 4.37 Å². The fourth-order valence-electron chi connectivity index (χ4n) is 0.947. The summed E-state index contributed by atoms with van der Waals surface area (Å²) in [7, 11) is -10.8. The zero-order valence-corrected chi connectivity index (χ0v) is 10.3. The molecule has 0 amide bonds. The Morgan fingerprint density at radius 3 is 2.06 bits per heavy atom. The van der Waals surface area contributed by atoms with E-state index < -0.39 is 26.7 Å². The van der Waals surface area contributed by atoms with Gasteiger partial charge in [0.05, 0.1) is 5.69 Å². The van der Waals surface area contributed by atoms with E-state index in [-0.39, 0.29) is 5.69 Å². The van der Waals surface area contributed by atoms with Gasteiger partial charge in [-0.05, 0) is 17.6 Å². The quantitative estimate of drug-likeness (QED) is 0.474. The second kappa shape index (κ2) is 4.29. The van der Waals surface area contributed by atoms with Gasteiger partial charge in [0.2, 0.25) is 0 Å². The molecule has 0 bridgehead atoms. The predicted octanol–water partition coefficient (Wildman–Crippen LogP) is -0.313. The van der Waals surface area contributed by atoms with E-state index in [2.05, 4.69) is 4.37 Å². The average molecular weight is 289 g/mol. The van der Waals surface area contributed by atoms with Crippen molar-refractivity contribution in [2.45, 2.75) is 11.5 Å². The van der Waals surface area contributed by atoms with Gasteiger partial charge in [0.15, 0.2) is 0 Å². The van der Waals surface area contributed by atoms with Crippen molar-refractivity contribution in [1.82, 2.24) is 4.37 Å². The van der Waals surface area contributed by atoms with Crippen molar-refractivity contribution in [2.24, 2.45) is 0 Å². The van der Waals surface area contributed by atoms with E-state index in [9.17, 15) is 14.2 Å². The van der Waals surface area contributed by atoms with Gasteiger partial charge in [-0.15, -0.1) is 0 Å². The Balaban J connectivity index is 3.18. The van der Waals surface area contributed by atoms with Crippen LogP contribution in [0.4, 0.5) is 0 Å². The highest BCUT2D eigenvalue weighted by molar-refractivity contribution is 7.72. The molecule has 0 fully saturated rings. The van der Waals surface area contributed by atoms with Gasteiger partial charge >= 0.3 is 15.2 Å². The molecule has 1 heterocycles. The molecule has 1 aromatic heterocycles. The Morgan fingerprint density at radius 2 is 1.75 bits per heavy atom. The fraction of sp³-hybridized carbons (Fsp3) is 0.400. The van der Waals surface area contributed by atoms with Crippen molar-refractivity contribution < 1.29 is 33.8 Å². The number of aromatic nitrogens is 1. The topological polar surface area (TPSA) is 148 Å². The molecule has 0 saturated heterocycles. The van der Waals surface area contributed by atoms with Gasteiger partial charge in [-0.25, -0.2) is 0 Å². The Labute approximate surface area is 94.1 Å². The zero-order valence-electron chi connectivity index (χ0n) is 7.66. The van der Waals surface area contributed by atoms with Crippen molar-refractivity contribution in [3.8, 4) is 0 Å². The number of aliphatic hydroxyl groups is 1. The zero-order chi connectivity index (χ0) is 12.6. The summed E-state index contributed by atoms with van der Waals surface area (Å²) in [6.45, 7) is 0. The van der Waals surface area contributed by atoms with Crippen LogP contribution < -0.4 is 0 Å². The van der Waals surface area contributed by atoms with Crippen LogP contribution in [-0.4, -0.2) is 34.1 Å². The molecule has 5 N–H and O–H groups in total. The molecule has 0 aliphatic carbocycles. The highest BCUT2D eigenvalue weighted by Gasteiger charge is 2.59. The number of hydrogen-bond acceptors (Lipinski definition) is 5. The predicted molar refractivity (Wildman–Crippen MR) is 54.9 cm³/mol.